The van der Waals surface area contributed by atoms with Gasteiger partial charge in [0.15, 0.2) is 0 Å². The van der Waals surface area contributed by atoms with Crippen LogP contribution in [0.25, 0.3) is 11.0 Å². The summed E-state index contributed by atoms with van der Waals surface area (Å²) in [6.07, 6.45) is 4.94. The molecule has 0 saturated carbocycles. The van der Waals surface area contributed by atoms with E-state index in [0.717, 1.165) is 24.4 Å². The van der Waals surface area contributed by atoms with E-state index < -0.39 is 0 Å². The lowest BCUT2D eigenvalue weighted by molar-refractivity contribution is 0.414. The van der Waals surface area contributed by atoms with Crippen LogP contribution >= 0.6 is 0 Å². The highest BCUT2D eigenvalue weighted by Crippen LogP contribution is 2.33. The monoisotopic (exact) mass is 295 g/mol. The van der Waals surface area contributed by atoms with Crippen LogP contribution in [0.4, 0.5) is 0 Å². The first-order chi connectivity index (χ1) is 10.8. The normalized spacial score (nSPS) is 12.5. The van der Waals surface area contributed by atoms with E-state index >= 15 is 0 Å². The maximum atomic E-state index is 5.26. The summed E-state index contributed by atoms with van der Waals surface area (Å²) in [5, 5.41) is 4.44. The Hall–Kier alpha value is -2.33. The number of rotatable bonds is 6. The number of nitrogens with one attached hydrogen (secondary N) is 2. The molecule has 3 rings (SSSR count). The molecule has 0 aliphatic carbocycles. The molecule has 0 radical (unpaired) electrons. The van der Waals surface area contributed by atoms with Gasteiger partial charge in [0, 0.05) is 23.7 Å². The molecule has 0 bridgehead atoms. The van der Waals surface area contributed by atoms with Gasteiger partial charge in [0.25, 0.3) is 0 Å². The summed E-state index contributed by atoms with van der Waals surface area (Å²) in [5.74, 6) is 1.22. The van der Waals surface area contributed by atoms with E-state index in [0.29, 0.717) is 5.92 Å². The summed E-state index contributed by atoms with van der Waals surface area (Å²) >= 11 is 0. The van der Waals surface area contributed by atoms with E-state index in [-0.39, 0.29) is 0 Å². The molecule has 0 saturated heterocycles. The van der Waals surface area contributed by atoms with E-state index in [9.17, 15) is 0 Å². The van der Waals surface area contributed by atoms with Gasteiger partial charge < -0.3 is 15.0 Å². The van der Waals surface area contributed by atoms with Crippen LogP contribution in [0.15, 0.2) is 48.8 Å². The highest BCUT2D eigenvalue weighted by molar-refractivity contribution is 5.80. The first kappa shape index (κ1) is 14.6. The van der Waals surface area contributed by atoms with Crippen LogP contribution in [0.3, 0.4) is 0 Å². The second-order valence-electron chi connectivity index (χ2n) is 5.36. The number of hydrogen-bond acceptors (Lipinski definition) is 3. The molecule has 2 N–H and O–H groups in total. The number of pyridine rings is 1. The van der Waals surface area contributed by atoms with Crippen LogP contribution in [0.2, 0.25) is 0 Å². The summed E-state index contributed by atoms with van der Waals surface area (Å²) in [4.78, 5) is 7.68. The smallest absolute Gasteiger partial charge is 0.137 e. The molecule has 0 aliphatic heterocycles. The predicted molar refractivity (Wildman–Crippen MR) is 89.5 cm³/mol. The lowest BCUT2D eigenvalue weighted by atomic mass is 9.88. The zero-order valence-corrected chi connectivity index (χ0v) is 13.0. The summed E-state index contributed by atoms with van der Waals surface area (Å²) in [6, 6.07) is 12.5. The number of hydrogen-bond donors (Lipinski definition) is 2. The van der Waals surface area contributed by atoms with Crippen LogP contribution in [0.5, 0.6) is 5.75 Å². The molecule has 2 heterocycles. The SMILES string of the molecule is CNCC[C@H](c1ccc(OC)cc1)c1c[nH]c2ncccc12. The van der Waals surface area contributed by atoms with Crippen molar-refractivity contribution >= 4 is 11.0 Å². The Kier molecular flexibility index (Phi) is 4.39. The van der Waals surface area contributed by atoms with Gasteiger partial charge in [-0.2, -0.15) is 0 Å². The minimum Gasteiger partial charge on any atom is -0.497 e. The van der Waals surface area contributed by atoms with E-state index in [4.69, 9.17) is 4.74 Å². The Morgan fingerprint density at radius 2 is 2.05 bits per heavy atom. The maximum Gasteiger partial charge on any atom is 0.137 e. The number of nitrogens with zero attached hydrogens (tertiary/aromatic N) is 1. The maximum absolute atomic E-state index is 5.26. The molecule has 22 heavy (non-hydrogen) atoms. The van der Waals surface area contributed by atoms with Crippen molar-refractivity contribution in [3.8, 4) is 5.75 Å². The molecule has 114 valence electrons. The van der Waals surface area contributed by atoms with Gasteiger partial charge in [-0.25, -0.2) is 4.98 Å². The van der Waals surface area contributed by atoms with Gasteiger partial charge in [0.2, 0.25) is 0 Å². The fourth-order valence-corrected chi connectivity index (χ4v) is 2.89. The van der Waals surface area contributed by atoms with Crippen molar-refractivity contribution in [1.82, 2.24) is 15.3 Å². The highest BCUT2D eigenvalue weighted by Gasteiger charge is 2.18. The molecule has 0 amide bonds. The van der Waals surface area contributed by atoms with Crippen LogP contribution < -0.4 is 10.1 Å². The van der Waals surface area contributed by atoms with E-state index in [1.165, 1.54) is 16.5 Å². The Morgan fingerprint density at radius 3 is 2.77 bits per heavy atom. The number of H-pyrrole nitrogens is 1. The number of methoxy groups -OCH3 is 1. The van der Waals surface area contributed by atoms with E-state index in [1.807, 2.05) is 31.4 Å². The zero-order valence-electron chi connectivity index (χ0n) is 13.0. The standard InChI is InChI=1S/C18H21N3O/c1-19-11-9-15(13-5-7-14(22-2)8-6-13)17-12-21-18-16(17)4-3-10-20-18/h3-8,10,12,15,19H,9,11H2,1-2H3,(H,20,21)/t15-/m1/s1. The second kappa shape index (κ2) is 6.62. The average Bonchev–Trinajstić information content (AvgIpc) is 3.00. The minimum atomic E-state index is 0.330. The van der Waals surface area contributed by atoms with Crippen LogP contribution in [-0.4, -0.2) is 30.7 Å². The summed E-state index contributed by atoms with van der Waals surface area (Å²) in [7, 11) is 3.68. The molecule has 1 aromatic carbocycles. The van der Waals surface area contributed by atoms with Gasteiger partial charge in [-0.15, -0.1) is 0 Å². The molecular formula is C18H21N3O. The number of ether oxygens (including phenoxy) is 1. The molecule has 0 aliphatic rings. The summed E-state index contributed by atoms with van der Waals surface area (Å²) in [5.41, 5.74) is 3.53. The van der Waals surface area contributed by atoms with E-state index in [2.05, 4.69) is 39.7 Å². The average molecular weight is 295 g/mol. The fraction of sp³-hybridized carbons (Fsp3) is 0.278. The predicted octanol–water partition coefficient (Wildman–Crippen LogP) is 3.31. The van der Waals surface area contributed by atoms with Crippen LogP contribution in [-0.2, 0) is 0 Å². The molecule has 2 aromatic heterocycles. The topological polar surface area (TPSA) is 49.9 Å². The summed E-state index contributed by atoms with van der Waals surface area (Å²) < 4.78 is 5.26. The van der Waals surface area contributed by atoms with Crippen molar-refractivity contribution in [3.05, 3.63) is 59.9 Å². The number of benzene rings is 1. The van der Waals surface area contributed by atoms with Crippen molar-refractivity contribution < 1.29 is 4.74 Å². The first-order valence-electron chi connectivity index (χ1n) is 7.54. The highest BCUT2D eigenvalue weighted by atomic mass is 16.5. The van der Waals surface area contributed by atoms with Gasteiger partial charge in [0.05, 0.1) is 7.11 Å². The fourth-order valence-electron chi connectivity index (χ4n) is 2.89. The van der Waals surface area contributed by atoms with Crippen molar-refractivity contribution in [2.75, 3.05) is 20.7 Å². The Labute approximate surface area is 130 Å². The Morgan fingerprint density at radius 1 is 1.23 bits per heavy atom. The third kappa shape index (κ3) is 2.83. The molecule has 4 nitrogen and oxygen atoms in total. The van der Waals surface area contributed by atoms with Crippen molar-refractivity contribution in [1.29, 1.82) is 0 Å². The zero-order chi connectivity index (χ0) is 15.4. The first-order valence-corrected chi connectivity index (χ1v) is 7.54. The molecule has 3 aromatic rings. The lowest BCUT2D eigenvalue weighted by Crippen LogP contribution is -2.13. The molecular weight excluding hydrogens is 274 g/mol. The molecule has 0 spiro atoms. The second-order valence-corrected chi connectivity index (χ2v) is 5.36. The largest absolute Gasteiger partial charge is 0.497 e. The number of aromatic amines is 1. The molecule has 0 unspecified atom stereocenters. The van der Waals surface area contributed by atoms with Crippen LogP contribution in [0, 0.1) is 0 Å². The molecule has 1 atom stereocenters. The van der Waals surface area contributed by atoms with Crippen molar-refractivity contribution in [2.24, 2.45) is 0 Å². The van der Waals surface area contributed by atoms with Gasteiger partial charge >= 0.3 is 0 Å². The molecule has 4 heteroatoms. The quantitative estimate of drug-likeness (QED) is 0.733. The Balaban J connectivity index is 2.01. The third-order valence-corrected chi connectivity index (χ3v) is 4.06. The van der Waals surface area contributed by atoms with E-state index in [1.54, 1.807) is 7.11 Å². The minimum absolute atomic E-state index is 0.330. The van der Waals surface area contributed by atoms with Gasteiger partial charge in [-0.05, 0) is 55.4 Å². The summed E-state index contributed by atoms with van der Waals surface area (Å²) in [6.45, 7) is 0.962. The third-order valence-electron chi connectivity index (χ3n) is 4.06. The van der Waals surface area contributed by atoms with Crippen LogP contribution in [0.1, 0.15) is 23.5 Å². The van der Waals surface area contributed by atoms with Gasteiger partial charge in [-0.3, -0.25) is 0 Å². The number of fused-ring (bicyclic) bond motifs is 1. The van der Waals surface area contributed by atoms with Crippen molar-refractivity contribution in [2.45, 2.75) is 12.3 Å². The lowest BCUT2D eigenvalue weighted by Gasteiger charge is -2.17. The Bertz CT molecular complexity index is 733. The van der Waals surface area contributed by atoms with Crippen molar-refractivity contribution in [3.63, 3.8) is 0 Å². The van der Waals surface area contributed by atoms with Gasteiger partial charge in [-0.1, -0.05) is 12.1 Å². The van der Waals surface area contributed by atoms with Gasteiger partial charge in [0.1, 0.15) is 11.4 Å². The molecule has 0 fully saturated rings. The number of aromatic nitrogens is 2.